The van der Waals surface area contributed by atoms with Crippen molar-refractivity contribution in [1.82, 2.24) is 4.98 Å². The zero-order valence-corrected chi connectivity index (χ0v) is 15.3. The molecule has 0 saturated heterocycles. The van der Waals surface area contributed by atoms with Gasteiger partial charge in [0.15, 0.2) is 0 Å². The molecule has 0 aliphatic carbocycles. The van der Waals surface area contributed by atoms with Gasteiger partial charge in [-0.25, -0.2) is 9.78 Å². The van der Waals surface area contributed by atoms with Gasteiger partial charge in [-0.3, -0.25) is 10.1 Å². The van der Waals surface area contributed by atoms with Crippen molar-refractivity contribution in [2.75, 3.05) is 26.1 Å². The van der Waals surface area contributed by atoms with Crippen molar-refractivity contribution in [3.63, 3.8) is 0 Å². The molecule has 0 fully saturated rings. The maximum absolute atomic E-state index is 12.3. The number of nitro groups is 1. The van der Waals surface area contributed by atoms with Crippen LogP contribution in [-0.4, -0.2) is 42.7 Å². The van der Waals surface area contributed by atoms with Gasteiger partial charge in [0.05, 0.1) is 30.7 Å². The number of rotatable bonds is 9. The predicted octanol–water partition coefficient (Wildman–Crippen LogP) is 3.05. The number of nitrogens with one attached hydrogen (secondary N) is 1. The minimum atomic E-state index is -0.516. The highest BCUT2D eigenvalue weighted by atomic mass is 16.6. The van der Waals surface area contributed by atoms with Crippen LogP contribution < -0.4 is 14.8 Å². The number of carbonyl (C=O) groups is 1. The fourth-order valence-corrected chi connectivity index (χ4v) is 2.24. The molecule has 1 aromatic carbocycles. The standard InChI is InChI=1S/C18H21N3O6/c1-4-13(20-17-6-5-14(10-19-17)21(23)24)11-27-18(22)12-7-15(25-2)9-16(8-12)26-3/h5-10,13H,4,11H2,1-3H3,(H,19,20). The molecule has 1 atom stereocenters. The van der Waals surface area contributed by atoms with Crippen LogP contribution in [-0.2, 0) is 4.74 Å². The number of methoxy groups -OCH3 is 2. The smallest absolute Gasteiger partial charge is 0.338 e. The van der Waals surface area contributed by atoms with Gasteiger partial charge in [0.25, 0.3) is 5.69 Å². The molecular formula is C18H21N3O6. The molecule has 9 nitrogen and oxygen atoms in total. The number of anilines is 1. The molecule has 1 aromatic heterocycles. The number of benzene rings is 1. The molecule has 27 heavy (non-hydrogen) atoms. The van der Waals surface area contributed by atoms with Gasteiger partial charge in [-0.2, -0.15) is 0 Å². The molecule has 0 spiro atoms. The lowest BCUT2D eigenvalue weighted by atomic mass is 10.2. The van der Waals surface area contributed by atoms with Crippen molar-refractivity contribution >= 4 is 17.5 Å². The molecule has 0 aliphatic heterocycles. The fraction of sp³-hybridized carbons (Fsp3) is 0.333. The van der Waals surface area contributed by atoms with Gasteiger partial charge >= 0.3 is 5.97 Å². The first kappa shape index (κ1) is 20.0. The van der Waals surface area contributed by atoms with E-state index in [1.54, 1.807) is 18.2 Å². The van der Waals surface area contributed by atoms with Crippen LogP contribution in [0.3, 0.4) is 0 Å². The molecule has 2 aromatic rings. The Kier molecular flexibility index (Phi) is 6.93. The topological polar surface area (TPSA) is 113 Å². The lowest BCUT2D eigenvalue weighted by Crippen LogP contribution is -2.26. The normalized spacial score (nSPS) is 11.4. The van der Waals surface area contributed by atoms with Crippen LogP contribution in [0.4, 0.5) is 11.5 Å². The van der Waals surface area contributed by atoms with E-state index < -0.39 is 10.9 Å². The number of ether oxygens (including phenoxy) is 3. The van der Waals surface area contributed by atoms with E-state index in [2.05, 4.69) is 10.3 Å². The Morgan fingerprint density at radius 1 is 1.22 bits per heavy atom. The number of nitrogens with zero attached hydrogens (tertiary/aromatic N) is 2. The average molecular weight is 375 g/mol. The summed E-state index contributed by atoms with van der Waals surface area (Å²) in [7, 11) is 3.00. The van der Waals surface area contributed by atoms with Crippen LogP contribution in [0.2, 0.25) is 0 Å². The monoisotopic (exact) mass is 375 g/mol. The summed E-state index contributed by atoms with van der Waals surface area (Å²) in [6.07, 6.45) is 1.83. The molecule has 9 heteroatoms. The fourth-order valence-electron chi connectivity index (χ4n) is 2.24. The summed E-state index contributed by atoms with van der Waals surface area (Å²) in [6.45, 7) is 2.03. The summed E-state index contributed by atoms with van der Waals surface area (Å²) in [4.78, 5) is 26.5. The van der Waals surface area contributed by atoms with Crippen molar-refractivity contribution in [1.29, 1.82) is 0 Å². The first-order valence-electron chi connectivity index (χ1n) is 8.24. The number of pyridine rings is 1. The molecule has 1 heterocycles. The van der Waals surface area contributed by atoms with E-state index in [0.717, 1.165) is 0 Å². The van der Waals surface area contributed by atoms with Crippen LogP contribution in [0.5, 0.6) is 11.5 Å². The minimum absolute atomic E-state index is 0.0907. The highest BCUT2D eigenvalue weighted by Crippen LogP contribution is 2.23. The molecule has 1 N–H and O–H groups in total. The third-order valence-corrected chi connectivity index (χ3v) is 3.81. The second kappa shape index (κ2) is 9.37. The average Bonchev–Trinajstić information content (AvgIpc) is 2.70. The van der Waals surface area contributed by atoms with Gasteiger partial charge in [0.1, 0.15) is 30.1 Å². The summed E-state index contributed by atoms with van der Waals surface area (Å²) < 4.78 is 15.7. The van der Waals surface area contributed by atoms with E-state index >= 15 is 0 Å². The molecule has 0 saturated carbocycles. The van der Waals surface area contributed by atoms with Gasteiger partial charge in [-0.15, -0.1) is 0 Å². The van der Waals surface area contributed by atoms with Gasteiger partial charge in [0, 0.05) is 12.1 Å². The minimum Gasteiger partial charge on any atom is -0.497 e. The number of hydrogen-bond acceptors (Lipinski definition) is 8. The zero-order valence-electron chi connectivity index (χ0n) is 15.3. The summed E-state index contributed by atoms with van der Waals surface area (Å²) in [5.74, 6) is 0.929. The van der Waals surface area contributed by atoms with Crippen molar-refractivity contribution in [2.24, 2.45) is 0 Å². The summed E-state index contributed by atoms with van der Waals surface area (Å²) in [6, 6.07) is 7.46. The summed E-state index contributed by atoms with van der Waals surface area (Å²) >= 11 is 0. The Balaban J connectivity index is 1.98. The van der Waals surface area contributed by atoms with Gasteiger partial charge in [-0.1, -0.05) is 6.92 Å². The highest BCUT2D eigenvalue weighted by Gasteiger charge is 2.15. The third-order valence-electron chi connectivity index (χ3n) is 3.81. The van der Waals surface area contributed by atoms with E-state index in [0.29, 0.717) is 29.3 Å². The first-order chi connectivity index (χ1) is 13.0. The van der Waals surface area contributed by atoms with E-state index in [-0.39, 0.29) is 18.3 Å². The first-order valence-corrected chi connectivity index (χ1v) is 8.24. The van der Waals surface area contributed by atoms with Crippen molar-refractivity contribution in [3.8, 4) is 11.5 Å². The van der Waals surface area contributed by atoms with Crippen LogP contribution in [0.1, 0.15) is 23.7 Å². The largest absolute Gasteiger partial charge is 0.497 e. The molecule has 0 radical (unpaired) electrons. The van der Waals surface area contributed by atoms with Crippen LogP contribution in [0.15, 0.2) is 36.5 Å². The number of aromatic nitrogens is 1. The summed E-state index contributed by atoms with van der Waals surface area (Å²) in [5.41, 5.74) is 0.224. The second-order valence-corrected chi connectivity index (χ2v) is 5.61. The zero-order chi connectivity index (χ0) is 19.8. The lowest BCUT2D eigenvalue weighted by molar-refractivity contribution is -0.385. The van der Waals surface area contributed by atoms with Gasteiger partial charge in [-0.05, 0) is 24.6 Å². The predicted molar refractivity (Wildman–Crippen MR) is 98.4 cm³/mol. The Labute approximate surface area is 156 Å². The highest BCUT2D eigenvalue weighted by molar-refractivity contribution is 5.90. The Morgan fingerprint density at radius 2 is 1.89 bits per heavy atom. The number of carbonyl (C=O) groups excluding carboxylic acids is 1. The summed E-state index contributed by atoms with van der Waals surface area (Å²) in [5, 5.41) is 13.8. The SMILES string of the molecule is CCC(COC(=O)c1cc(OC)cc(OC)c1)Nc1ccc([N+](=O)[O-])cn1. The van der Waals surface area contributed by atoms with Crippen LogP contribution in [0, 0.1) is 10.1 Å². The third kappa shape index (κ3) is 5.56. The lowest BCUT2D eigenvalue weighted by Gasteiger charge is -2.17. The van der Waals surface area contributed by atoms with Crippen LogP contribution >= 0.6 is 0 Å². The second-order valence-electron chi connectivity index (χ2n) is 5.61. The molecule has 144 valence electrons. The van der Waals surface area contributed by atoms with Crippen molar-refractivity contribution in [3.05, 3.63) is 52.2 Å². The van der Waals surface area contributed by atoms with Crippen LogP contribution in [0.25, 0.3) is 0 Å². The van der Waals surface area contributed by atoms with Gasteiger partial charge in [0.2, 0.25) is 0 Å². The molecule has 1 unspecified atom stereocenters. The van der Waals surface area contributed by atoms with E-state index in [1.165, 1.54) is 32.5 Å². The molecule has 2 rings (SSSR count). The molecular weight excluding hydrogens is 354 g/mol. The van der Waals surface area contributed by atoms with E-state index in [9.17, 15) is 14.9 Å². The maximum Gasteiger partial charge on any atom is 0.338 e. The quantitative estimate of drug-likeness (QED) is 0.404. The van der Waals surface area contributed by atoms with E-state index in [1.807, 2.05) is 6.92 Å². The Morgan fingerprint density at radius 3 is 2.37 bits per heavy atom. The Bertz CT molecular complexity index is 772. The molecule has 0 bridgehead atoms. The molecule has 0 amide bonds. The Hall–Kier alpha value is -3.36. The van der Waals surface area contributed by atoms with Crippen molar-refractivity contribution in [2.45, 2.75) is 19.4 Å². The molecule has 0 aliphatic rings. The van der Waals surface area contributed by atoms with Gasteiger partial charge < -0.3 is 19.5 Å². The number of hydrogen-bond donors (Lipinski definition) is 1. The number of esters is 1. The van der Waals surface area contributed by atoms with Crippen molar-refractivity contribution < 1.29 is 23.9 Å². The van der Waals surface area contributed by atoms with E-state index in [4.69, 9.17) is 14.2 Å². The maximum atomic E-state index is 12.3.